The molecule has 0 spiro atoms. The van der Waals surface area contributed by atoms with Crippen molar-refractivity contribution < 1.29 is 4.74 Å². The van der Waals surface area contributed by atoms with Crippen molar-refractivity contribution in [1.82, 2.24) is 0 Å². The Kier molecular flexibility index (Phi) is 5.51. The number of aryl methyl sites for hydroxylation is 1. The van der Waals surface area contributed by atoms with Crippen molar-refractivity contribution in [2.45, 2.75) is 25.8 Å². The number of ether oxygens (including phenoxy) is 1. The summed E-state index contributed by atoms with van der Waals surface area (Å²) >= 11 is 12.0. The summed E-state index contributed by atoms with van der Waals surface area (Å²) in [6.07, 6.45) is 1.50. The van der Waals surface area contributed by atoms with E-state index in [2.05, 4.69) is 13.0 Å². The van der Waals surface area contributed by atoms with E-state index in [4.69, 9.17) is 33.7 Å². The van der Waals surface area contributed by atoms with Gasteiger partial charge in [-0.3, -0.25) is 0 Å². The molecule has 0 saturated carbocycles. The third kappa shape index (κ3) is 4.37. The third-order valence-electron chi connectivity index (χ3n) is 3.40. The lowest BCUT2D eigenvalue weighted by Crippen LogP contribution is -2.25. The van der Waals surface area contributed by atoms with Crippen LogP contribution in [0.1, 0.15) is 16.7 Å². The van der Waals surface area contributed by atoms with Crippen LogP contribution in [0.25, 0.3) is 0 Å². The maximum absolute atomic E-state index is 6.27. The molecule has 2 N–H and O–H groups in total. The maximum atomic E-state index is 6.27. The number of methoxy groups -OCH3 is 1. The minimum absolute atomic E-state index is 0.00191. The van der Waals surface area contributed by atoms with Crippen LogP contribution in [0.2, 0.25) is 10.0 Å². The molecule has 4 heteroatoms. The highest BCUT2D eigenvalue weighted by molar-refractivity contribution is 6.42. The minimum Gasteiger partial charge on any atom is -0.496 e. The molecule has 0 saturated heterocycles. The summed E-state index contributed by atoms with van der Waals surface area (Å²) in [5.74, 6) is 0.880. The van der Waals surface area contributed by atoms with Gasteiger partial charge in [-0.25, -0.2) is 0 Å². The van der Waals surface area contributed by atoms with Gasteiger partial charge in [0.15, 0.2) is 0 Å². The third-order valence-corrected chi connectivity index (χ3v) is 4.14. The predicted octanol–water partition coefficient (Wildman–Crippen LogP) is 4.42. The molecule has 0 aliphatic heterocycles. The average Bonchev–Trinajstić information content (AvgIpc) is 2.43. The molecule has 0 amide bonds. The lowest BCUT2D eigenvalue weighted by Gasteiger charge is -2.15. The molecule has 2 aromatic rings. The van der Waals surface area contributed by atoms with Crippen molar-refractivity contribution in [2.75, 3.05) is 7.11 Å². The van der Waals surface area contributed by atoms with Crippen LogP contribution in [0.5, 0.6) is 5.75 Å². The number of benzene rings is 2. The molecule has 0 heterocycles. The van der Waals surface area contributed by atoms with Crippen molar-refractivity contribution >= 4 is 23.2 Å². The first kappa shape index (κ1) is 16.2. The van der Waals surface area contributed by atoms with E-state index in [0.29, 0.717) is 10.0 Å². The smallest absolute Gasteiger partial charge is 0.122 e. The zero-order valence-electron chi connectivity index (χ0n) is 12.2. The van der Waals surface area contributed by atoms with Crippen LogP contribution < -0.4 is 10.5 Å². The van der Waals surface area contributed by atoms with Crippen LogP contribution in [0.4, 0.5) is 0 Å². The Labute approximate surface area is 135 Å². The van der Waals surface area contributed by atoms with Gasteiger partial charge in [-0.1, -0.05) is 47.0 Å². The standard InChI is InChI=1S/C17H19Cl2NO/c1-11-3-6-17(21-2)13(7-11)10-14(20)8-12-4-5-15(18)16(19)9-12/h3-7,9,14H,8,10,20H2,1-2H3. The fraction of sp³-hybridized carbons (Fsp3) is 0.294. The average molecular weight is 324 g/mol. The van der Waals surface area contributed by atoms with Crippen molar-refractivity contribution in [1.29, 1.82) is 0 Å². The molecule has 0 bridgehead atoms. The van der Waals surface area contributed by atoms with Crippen LogP contribution >= 0.6 is 23.2 Å². The number of hydrogen-bond acceptors (Lipinski definition) is 2. The minimum atomic E-state index is -0.00191. The predicted molar refractivity (Wildman–Crippen MR) is 89.6 cm³/mol. The first-order valence-corrected chi connectivity index (χ1v) is 7.58. The quantitative estimate of drug-likeness (QED) is 0.883. The Balaban J connectivity index is 2.09. The number of nitrogens with two attached hydrogens (primary N) is 1. The summed E-state index contributed by atoms with van der Waals surface area (Å²) in [5.41, 5.74) is 9.69. The Morgan fingerprint density at radius 3 is 2.48 bits per heavy atom. The summed E-state index contributed by atoms with van der Waals surface area (Å²) in [6.45, 7) is 2.06. The van der Waals surface area contributed by atoms with E-state index in [9.17, 15) is 0 Å². The Bertz CT molecular complexity index is 628. The monoisotopic (exact) mass is 323 g/mol. The maximum Gasteiger partial charge on any atom is 0.122 e. The van der Waals surface area contributed by atoms with Gasteiger partial charge in [-0.2, -0.15) is 0 Å². The summed E-state index contributed by atoms with van der Waals surface area (Å²) in [6, 6.07) is 11.8. The lowest BCUT2D eigenvalue weighted by atomic mass is 9.98. The molecule has 21 heavy (non-hydrogen) atoms. The largest absolute Gasteiger partial charge is 0.496 e. The second-order valence-corrected chi connectivity index (χ2v) is 6.05. The number of rotatable bonds is 5. The summed E-state index contributed by atoms with van der Waals surface area (Å²) in [5, 5.41) is 1.13. The van der Waals surface area contributed by atoms with Gasteiger partial charge >= 0.3 is 0 Å². The van der Waals surface area contributed by atoms with Gasteiger partial charge in [0.2, 0.25) is 0 Å². The van der Waals surface area contributed by atoms with Gasteiger partial charge in [0.05, 0.1) is 17.2 Å². The topological polar surface area (TPSA) is 35.2 Å². The first-order chi connectivity index (χ1) is 9.99. The van der Waals surface area contributed by atoms with E-state index in [1.165, 1.54) is 5.56 Å². The highest BCUT2D eigenvalue weighted by Gasteiger charge is 2.11. The molecule has 0 aliphatic carbocycles. The molecule has 0 aliphatic rings. The van der Waals surface area contributed by atoms with E-state index in [-0.39, 0.29) is 6.04 Å². The van der Waals surface area contributed by atoms with Crippen LogP contribution in [0, 0.1) is 6.92 Å². The molecule has 2 nitrogen and oxygen atoms in total. The molecule has 0 radical (unpaired) electrons. The van der Waals surface area contributed by atoms with E-state index in [0.717, 1.165) is 29.7 Å². The molecular weight excluding hydrogens is 305 g/mol. The van der Waals surface area contributed by atoms with Gasteiger partial charge in [-0.15, -0.1) is 0 Å². The molecule has 0 aromatic heterocycles. The molecular formula is C17H19Cl2NO. The molecule has 1 atom stereocenters. The number of halogens is 2. The highest BCUT2D eigenvalue weighted by atomic mass is 35.5. The Morgan fingerprint density at radius 2 is 1.81 bits per heavy atom. The van der Waals surface area contributed by atoms with Crippen molar-refractivity contribution in [2.24, 2.45) is 5.73 Å². The van der Waals surface area contributed by atoms with Crippen LogP contribution in [0.15, 0.2) is 36.4 Å². The van der Waals surface area contributed by atoms with Gasteiger partial charge in [0, 0.05) is 6.04 Å². The van der Waals surface area contributed by atoms with Crippen LogP contribution in [0.3, 0.4) is 0 Å². The SMILES string of the molecule is COc1ccc(C)cc1CC(N)Cc1ccc(Cl)c(Cl)c1. The van der Waals surface area contributed by atoms with Crippen molar-refractivity contribution in [3.63, 3.8) is 0 Å². The fourth-order valence-electron chi connectivity index (χ4n) is 2.39. The zero-order chi connectivity index (χ0) is 15.4. The second kappa shape index (κ2) is 7.17. The number of hydrogen-bond donors (Lipinski definition) is 1. The van der Waals surface area contributed by atoms with E-state index < -0.39 is 0 Å². The first-order valence-electron chi connectivity index (χ1n) is 6.82. The summed E-state index contributed by atoms with van der Waals surface area (Å²) in [4.78, 5) is 0. The second-order valence-electron chi connectivity index (χ2n) is 5.23. The summed E-state index contributed by atoms with van der Waals surface area (Å²) in [7, 11) is 1.68. The van der Waals surface area contributed by atoms with E-state index >= 15 is 0 Å². The lowest BCUT2D eigenvalue weighted by molar-refractivity contribution is 0.407. The molecule has 0 fully saturated rings. The molecule has 2 aromatic carbocycles. The van der Waals surface area contributed by atoms with Crippen LogP contribution in [-0.2, 0) is 12.8 Å². The molecule has 1 unspecified atom stereocenters. The zero-order valence-corrected chi connectivity index (χ0v) is 13.7. The van der Waals surface area contributed by atoms with Gasteiger partial charge in [0.1, 0.15) is 5.75 Å². The van der Waals surface area contributed by atoms with E-state index in [1.54, 1.807) is 13.2 Å². The normalized spacial score (nSPS) is 12.2. The van der Waals surface area contributed by atoms with Gasteiger partial charge in [0.25, 0.3) is 0 Å². The van der Waals surface area contributed by atoms with Gasteiger partial charge in [-0.05, 0) is 49.1 Å². The summed E-state index contributed by atoms with van der Waals surface area (Å²) < 4.78 is 5.39. The Morgan fingerprint density at radius 1 is 1.05 bits per heavy atom. The van der Waals surface area contributed by atoms with Crippen molar-refractivity contribution in [3.05, 3.63) is 63.1 Å². The van der Waals surface area contributed by atoms with Crippen LogP contribution in [-0.4, -0.2) is 13.2 Å². The van der Waals surface area contributed by atoms with Crippen molar-refractivity contribution in [3.8, 4) is 5.75 Å². The fourth-order valence-corrected chi connectivity index (χ4v) is 2.71. The molecule has 2 rings (SSSR count). The van der Waals surface area contributed by atoms with Gasteiger partial charge < -0.3 is 10.5 Å². The highest BCUT2D eigenvalue weighted by Crippen LogP contribution is 2.25. The molecule has 112 valence electrons. The van der Waals surface area contributed by atoms with E-state index in [1.807, 2.05) is 24.3 Å². The Hall–Kier alpha value is -1.22.